The van der Waals surface area contributed by atoms with Gasteiger partial charge in [0.25, 0.3) is 5.56 Å². The van der Waals surface area contributed by atoms with E-state index in [1.165, 1.54) is 11.8 Å². The predicted molar refractivity (Wildman–Crippen MR) is 127 cm³/mol. The van der Waals surface area contributed by atoms with Gasteiger partial charge in [0.15, 0.2) is 5.16 Å². The van der Waals surface area contributed by atoms with E-state index < -0.39 is 0 Å². The van der Waals surface area contributed by atoms with Gasteiger partial charge < -0.3 is 9.73 Å². The Balaban J connectivity index is 1.41. The first-order chi connectivity index (χ1) is 15.6. The van der Waals surface area contributed by atoms with Gasteiger partial charge in [-0.3, -0.25) is 14.2 Å². The number of amides is 1. The quantitative estimate of drug-likeness (QED) is 0.307. The second-order valence-electron chi connectivity index (χ2n) is 7.98. The van der Waals surface area contributed by atoms with Crippen molar-refractivity contribution in [3.63, 3.8) is 0 Å². The van der Waals surface area contributed by atoms with Crippen LogP contribution in [0, 0.1) is 0 Å². The third-order valence-corrected chi connectivity index (χ3v) is 7.03. The lowest BCUT2D eigenvalue weighted by Crippen LogP contribution is -2.28. The lowest BCUT2D eigenvalue weighted by molar-refractivity contribution is -0.118. The SMILES string of the molecule is O=C(CSc1nc2c(oc3ccccc32)c(=O)n1C1CCCC1)NCc1ccc(Cl)cc1. The minimum absolute atomic E-state index is 0.0900. The highest BCUT2D eigenvalue weighted by molar-refractivity contribution is 7.99. The topological polar surface area (TPSA) is 77.1 Å². The van der Waals surface area contributed by atoms with Crippen LogP contribution in [-0.2, 0) is 11.3 Å². The fourth-order valence-corrected chi connectivity index (χ4v) is 5.22. The molecule has 5 rings (SSSR count). The van der Waals surface area contributed by atoms with Gasteiger partial charge in [-0.25, -0.2) is 4.98 Å². The lowest BCUT2D eigenvalue weighted by atomic mass is 10.2. The number of benzene rings is 2. The normalized spacial score (nSPS) is 14.4. The Morgan fingerprint density at radius 3 is 2.69 bits per heavy atom. The number of nitrogens with zero attached hydrogens (tertiary/aromatic N) is 2. The molecule has 164 valence electrons. The number of nitrogens with one attached hydrogen (secondary N) is 1. The van der Waals surface area contributed by atoms with Crippen molar-refractivity contribution >= 4 is 51.3 Å². The highest BCUT2D eigenvalue weighted by Crippen LogP contribution is 2.34. The molecule has 32 heavy (non-hydrogen) atoms. The van der Waals surface area contributed by atoms with Crippen LogP contribution in [0.4, 0.5) is 0 Å². The second-order valence-corrected chi connectivity index (χ2v) is 9.35. The molecule has 1 aliphatic rings. The number of fused-ring (bicyclic) bond motifs is 3. The fraction of sp³-hybridized carbons (Fsp3) is 0.292. The van der Waals surface area contributed by atoms with E-state index in [9.17, 15) is 9.59 Å². The Morgan fingerprint density at radius 1 is 1.16 bits per heavy atom. The summed E-state index contributed by atoms with van der Waals surface area (Å²) in [5.74, 6) is 0.0583. The van der Waals surface area contributed by atoms with Crippen molar-refractivity contribution < 1.29 is 9.21 Å². The van der Waals surface area contributed by atoms with Crippen LogP contribution in [0.1, 0.15) is 37.3 Å². The molecule has 1 fully saturated rings. The predicted octanol–water partition coefficient (Wildman–Crippen LogP) is 5.32. The van der Waals surface area contributed by atoms with Gasteiger partial charge >= 0.3 is 0 Å². The van der Waals surface area contributed by atoms with E-state index in [2.05, 4.69) is 5.32 Å². The number of hydrogen-bond acceptors (Lipinski definition) is 5. The first-order valence-electron chi connectivity index (χ1n) is 10.7. The summed E-state index contributed by atoms with van der Waals surface area (Å²) in [6, 6.07) is 15.0. The van der Waals surface area contributed by atoms with Crippen LogP contribution < -0.4 is 10.9 Å². The molecule has 2 heterocycles. The maximum absolute atomic E-state index is 13.4. The lowest BCUT2D eigenvalue weighted by Gasteiger charge is -2.17. The molecule has 0 aliphatic heterocycles. The van der Waals surface area contributed by atoms with Crippen LogP contribution in [0.15, 0.2) is 62.9 Å². The third-order valence-electron chi connectivity index (χ3n) is 5.82. The van der Waals surface area contributed by atoms with Gasteiger partial charge in [0, 0.05) is 23.0 Å². The highest BCUT2D eigenvalue weighted by Gasteiger charge is 2.25. The molecular formula is C24H22ClN3O3S. The van der Waals surface area contributed by atoms with E-state index in [-0.39, 0.29) is 28.8 Å². The molecule has 0 radical (unpaired) electrons. The number of rotatable bonds is 6. The molecule has 0 spiro atoms. The molecule has 4 aromatic rings. The minimum atomic E-state index is -0.165. The number of furan rings is 1. The number of para-hydroxylation sites is 1. The zero-order valence-corrected chi connectivity index (χ0v) is 18.9. The summed E-state index contributed by atoms with van der Waals surface area (Å²) < 4.78 is 7.61. The molecule has 1 saturated carbocycles. The molecule has 0 unspecified atom stereocenters. The van der Waals surface area contributed by atoms with Gasteiger partial charge in [0.1, 0.15) is 11.1 Å². The van der Waals surface area contributed by atoms with Crippen molar-refractivity contribution in [2.75, 3.05) is 5.75 Å². The maximum Gasteiger partial charge on any atom is 0.298 e. The van der Waals surface area contributed by atoms with Crippen LogP contribution in [-0.4, -0.2) is 21.2 Å². The van der Waals surface area contributed by atoms with Crippen LogP contribution in [0.25, 0.3) is 22.1 Å². The molecule has 6 nitrogen and oxygen atoms in total. The van der Waals surface area contributed by atoms with Gasteiger partial charge in [-0.15, -0.1) is 0 Å². The number of thioether (sulfide) groups is 1. The van der Waals surface area contributed by atoms with Crippen molar-refractivity contribution in [3.8, 4) is 0 Å². The van der Waals surface area contributed by atoms with Gasteiger partial charge in [0.05, 0.1) is 5.75 Å². The molecular weight excluding hydrogens is 446 g/mol. The number of carbonyl (C=O) groups is 1. The second kappa shape index (κ2) is 9.00. The maximum atomic E-state index is 13.4. The molecule has 2 aromatic heterocycles. The Morgan fingerprint density at radius 2 is 1.91 bits per heavy atom. The van der Waals surface area contributed by atoms with E-state index in [4.69, 9.17) is 21.0 Å². The van der Waals surface area contributed by atoms with E-state index in [0.29, 0.717) is 27.8 Å². The summed E-state index contributed by atoms with van der Waals surface area (Å²) in [7, 11) is 0. The van der Waals surface area contributed by atoms with Crippen molar-refractivity contribution in [1.82, 2.24) is 14.9 Å². The molecule has 0 bridgehead atoms. The molecule has 0 atom stereocenters. The summed E-state index contributed by atoms with van der Waals surface area (Å²) in [4.78, 5) is 30.7. The molecule has 2 aromatic carbocycles. The first-order valence-corrected chi connectivity index (χ1v) is 12.0. The van der Waals surface area contributed by atoms with Gasteiger partial charge in [0.2, 0.25) is 11.5 Å². The summed E-state index contributed by atoms with van der Waals surface area (Å²) in [6.07, 6.45) is 4.04. The Kier molecular flexibility index (Phi) is 5.93. The Labute approximate surface area is 194 Å². The Bertz CT molecular complexity index is 1340. The average Bonchev–Trinajstić information content (AvgIpc) is 3.46. The molecule has 1 aliphatic carbocycles. The van der Waals surface area contributed by atoms with Gasteiger partial charge in [-0.05, 0) is 42.7 Å². The summed E-state index contributed by atoms with van der Waals surface area (Å²) in [6.45, 7) is 0.421. The summed E-state index contributed by atoms with van der Waals surface area (Å²) >= 11 is 7.21. The van der Waals surface area contributed by atoms with Crippen molar-refractivity contribution in [2.24, 2.45) is 0 Å². The Hall–Kier alpha value is -2.77. The summed E-state index contributed by atoms with van der Waals surface area (Å²) in [5, 5.41) is 4.96. The third kappa shape index (κ3) is 4.14. The van der Waals surface area contributed by atoms with Crippen molar-refractivity contribution in [1.29, 1.82) is 0 Å². The van der Waals surface area contributed by atoms with E-state index in [1.54, 1.807) is 16.7 Å². The number of hydrogen-bond donors (Lipinski definition) is 1. The fourth-order valence-electron chi connectivity index (χ4n) is 4.20. The standard InChI is InChI=1S/C24H22ClN3O3S/c25-16-11-9-15(10-12-16)13-26-20(29)14-32-24-27-21-18-7-3-4-8-19(18)31-22(21)23(30)28(24)17-5-1-2-6-17/h3-4,7-12,17H,1-2,5-6,13-14H2,(H,26,29). The van der Waals surface area contributed by atoms with Gasteiger partial charge in [-0.2, -0.15) is 0 Å². The van der Waals surface area contributed by atoms with Crippen molar-refractivity contribution in [3.05, 3.63) is 69.5 Å². The van der Waals surface area contributed by atoms with Crippen LogP contribution >= 0.6 is 23.4 Å². The van der Waals surface area contributed by atoms with E-state index >= 15 is 0 Å². The number of carbonyl (C=O) groups excluding carboxylic acids is 1. The number of halogens is 1. The van der Waals surface area contributed by atoms with Crippen LogP contribution in [0.2, 0.25) is 5.02 Å². The largest absolute Gasteiger partial charge is 0.448 e. The van der Waals surface area contributed by atoms with E-state index in [0.717, 1.165) is 36.6 Å². The zero-order valence-electron chi connectivity index (χ0n) is 17.3. The molecule has 8 heteroatoms. The highest BCUT2D eigenvalue weighted by atomic mass is 35.5. The van der Waals surface area contributed by atoms with E-state index in [1.807, 2.05) is 36.4 Å². The smallest absolute Gasteiger partial charge is 0.298 e. The average molecular weight is 468 g/mol. The molecule has 0 saturated heterocycles. The monoisotopic (exact) mass is 467 g/mol. The molecule has 1 N–H and O–H groups in total. The van der Waals surface area contributed by atoms with Gasteiger partial charge in [-0.1, -0.05) is 60.5 Å². The minimum Gasteiger partial charge on any atom is -0.448 e. The van der Waals surface area contributed by atoms with Crippen LogP contribution in [0.3, 0.4) is 0 Å². The number of aromatic nitrogens is 2. The van der Waals surface area contributed by atoms with Crippen molar-refractivity contribution in [2.45, 2.75) is 43.4 Å². The summed E-state index contributed by atoms with van der Waals surface area (Å²) in [5.41, 5.74) is 2.30. The first kappa shape index (κ1) is 21.1. The zero-order chi connectivity index (χ0) is 22.1. The molecule has 1 amide bonds. The van der Waals surface area contributed by atoms with Crippen LogP contribution in [0.5, 0.6) is 0 Å².